The summed E-state index contributed by atoms with van der Waals surface area (Å²) in [5, 5.41) is 3.02. The van der Waals surface area contributed by atoms with Gasteiger partial charge in [0.15, 0.2) is 6.67 Å². The maximum absolute atomic E-state index is 13.0. The van der Waals surface area contributed by atoms with E-state index in [-0.39, 0.29) is 11.9 Å². The Morgan fingerprint density at radius 2 is 1.69 bits per heavy atom. The summed E-state index contributed by atoms with van der Waals surface area (Å²) in [7, 11) is 2.04. The third-order valence-corrected chi connectivity index (χ3v) is 5.78. The molecule has 1 aromatic carbocycles. The second-order valence-electron chi connectivity index (χ2n) is 8.35. The number of quaternary nitrogens is 1. The highest BCUT2D eigenvalue weighted by atomic mass is 16.2. The first-order valence-corrected chi connectivity index (χ1v) is 9.95. The molecule has 1 spiro atoms. The van der Waals surface area contributed by atoms with Crippen molar-refractivity contribution in [3.05, 3.63) is 35.4 Å². The molecular formula is C21H32N3O2+. The number of benzene rings is 1. The van der Waals surface area contributed by atoms with Gasteiger partial charge in [-0.25, -0.2) is 9.69 Å². The summed E-state index contributed by atoms with van der Waals surface area (Å²) in [6.07, 6.45) is 5.91. The van der Waals surface area contributed by atoms with Crippen molar-refractivity contribution in [1.29, 1.82) is 0 Å². The first-order chi connectivity index (χ1) is 12.4. The average molecular weight is 359 g/mol. The van der Waals surface area contributed by atoms with Crippen molar-refractivity contribution < 1.29 is 14.5 Å². The van der Waals surface area contributed by atoms with Gasteiger partial charge in [0.05, 0.1) is 7.05 Å². The topological polar surface area (TPSA) is 53.9 Å². The lowest BCUT2D eigenvalue weighted by Gasteiger charge is -2.25. The van der Waals surface area contributed by atoms with Crippen molar-refractivity contribution in [2.75, 3.05) is 13.7 Å². The zero-order valence-electron chi connectivity index (χ0n) is 16.3. The molecule has 0 aromatic heterocycles. The zero-order chi connectivity index (χ0) is 18.7. The van der Waals surface area contributed by atoms with Gasteiger partial charge in [-0.3, -0.25) is 4.79 Å². The number of imide groups is 1. The van der Waals surface area contributed by atoms with Crippen LogP contribution in [-0.4, -0.2) is 36.1 Å². The standard InChI is InChI=1S/C21H31N3O2/c1-16(2)18-10-8-17(9-11-18)14-23(3)15-24-19(25)21(22-20(24)26)12-6-4-5-7-13-21/h8-11,16H,4-7,12-15H2,1-3H3,(H,22,26)/p+1. The van der Waals surface area contributed by atoms with E-state index in [0.29, 0.717) is 12.6 Å². The molecule has 1 saturated carbocycles. The van der Waals surface area contributed by atoms with Crippen LogP contribution < -0.4 is 10.2 Å². The molecule has 1 unspecified atom stereocenters. The van der Waals surface area contributed by atoms with Crippen molar-refractivity contribution in [2.45, 2.75) is 70.4 Å². The van der Waals surface area contributed by atoms with Crippen LogP contribution in [-0.2, 0) is 11.3 Å². The fraction of sp³-hybridized carbons (Fsp3) is 0.619. The number of nitrogens with zero attached hydrogens (tertiary/aromatic N) is 1. The summed E-state index contributed by atoms with van der Waals surface area (Å²) in [4.78, 5) is 28.0. The quantitative estimate of drug-likeness (QED) is 0.795. The van der Waals surface area contributed by atoms with Crippen molar-refractivity contribution in [2.24, 2.45) is 0 Å². The van der Waals surface area contributed by atoms with E-state index in [9.17, 15) is 9.59 Å². The molecule has 1 aliphatic carbocycles. The summed E-state index contributed by atoms with van der Waals surface area (Å²) in [5.74, 6) is 0.509. The highest BCUT2D eigenvalue weighted by molar-refractivity contribution is 6.06. The third kappa shape index (κ3) is 3.93. The Hall–Kier alpha value is -1.88. The summed E-state index contributed by atoms with van der Waals surface area (Å²) in [6.45, 7) is 5.58. The normalized spacial score (nSPS) is 21.2. The molecule has 0 radical (unpaired) electrons. The van der Waals surface area contributed by atoms with Crippen LogP contribution >= 0.6 is 0 Å². The molecule has 0 bridgehead atoms. The van der Waals surface area contributed by atoms with Crippen molar-refractivity contribution in [3.8, 4) is 0 Å². The maximum Gasteiger partial charge on any atom is 0.329 e. The van der Waals surface area contributed by atoms with E-state index in [4.69, 9.17) is 0 Å². The number of carbonyl (C=O) groups excluding carboxylic acids is 2. The van der Waals surface area contributed by atoms with Crippen LogP contribution in [0.5, 0.6) is 0 Å². The minimum absolute atomic E-state index is 0.0149. The van der Waals surface area contributed by atoms with Gasteiger partial charge in [-0.2, -0.15) is 0 Å². The van der Waals surface area contributed by atoms with Crippen LogP contribution in [0.25, 0.3) is 0 Å². The van der Waals surface area contributed by atoms with Gasteiger partial charge in [0.25, 0.3) is 5.91 Å². The van der Waals surface area contributed by atoms with E-state index in [2.05, 4.69) is 43.4 Å². The Morgan fingerprint density at radius 3 is 2.27 bits per heavy atom. The first kappa shape index (κ1) is 18.9. The lowest BCUT2D eigenvalue weighted by atomic mass is 9.90. The Labute approximate surface area is 156 Å². The average Bonchev–Trinajstić information content (AvgIpc) is 2.77. The molecule has 3 amide bonds. The number of amides is 3. The first-order valence-electron chi connectivity index (χ1n) is 9.95. The monoisotopic (exact) mass is 358 g/mol. The Morgan fingerprint density at radius 1 is 1.08 bits per heavy atom. The lowest BCUT2D eigenvalue weighted by Crippen LogP contribution is -3.09. The molecular weight excluding hydrogens is 326 g/mol. The fourth-order valence-corrected chi connectivity index (χ4v) is 4.19. The number of nitrogens with one attached hydrogen (secondary N) is 2. The van der Waals surface area contributed by atoms with E-state index in [1.54, 1.807) is 0 Å². The van der Waals surface area contributed by atoms with Crippen LogP contribution in [0.15, 0.2) is 24.3 Å². The molecule has 1 aromatic rings. The molecule has 1 heterocycles. The summed E-state index contributed by atoms with van der Waals surface area (Å²) in [6, 6.07) is 8.42. The van der Waals surface area contributed by atoms with E-state index >= 15 is 0 Å². The predicted molar refractivity (Wildman–Crippen MR) is 102 cm³/mol. The Kier molecular flexibility index (Phi) is 5.66. The van der Waals surface area contributed by atoms with Gasteiger partial charge >= 0.3 is 6.03 Å². The highest BCUT2D eigenvalue weighted by Gasteiger charge is 2.51. The predicted octanol–water partition coefficient (Wildman–Crippen LogP) is 2.43. The molecule has 142 valence electrons. The van der Waals surface area contributed by atoms with Gasteiger partial charge in [-0.05, 0) is 24.3 Å². The molecule has 26 heavy (non-hydrogen) atoms. The van der Waals surface area contributed by atoms with Crippen molar-refractivity contribution >= 4 is 11.9 Å². The maximum atomic E-state index is 13.0. The number of hydrogen-bond acceptors (Lipinski definition) is 2. The molecule has 2 aliphatic rings. The van der Waals surface area contributed by atoms with Crippen molar-refractivity contribution in [3.63, 3.8) is 0 Å². The second kappa shape index (κ2) is 7.78. The van der Waals surface area contributed by atoms with Gasteiger partial charge in [0, 0.05) is 5.56 Å². The van der Waals surface area contributed by atoms with Crippen LogP contribution in [0.3, 0.4) is 0 Å². The number of urea groups is 1. The summed E-state index contributed by atoms with van der Waals surface area (Å²) >= 11 is 0. The fourth-order valence-electron chi connectivity index (χ4n) is 4.19. The Balaban J connectivity index is 1.62. The largest absolute Gasteiger partial charge is 0.329 e. The molecule has 5 heteroatoms. The molecule has 1 aliphatic heterocycles. The summed E-state index contributed by atoms with van der Waals surface area (Å²) < 4.78 is 0. The van der Waals surface area contributed by atoms with Crippen molar-refractivity contribution in [1.82, 2.24) is 10.2 Å². The molecule has 2 N–H and O–H groups in total. The van der Waals surface area contributed by atoms with Gasteiger partial charge in [0.2, 0.25) is 0 Å². The second-order valence-corrected chi connectivity index (χ2v) is 8.35. The van der Waals surface area contributed by atoms with Gasteiger partial charge in [-0.1, -0.05) is 63.8 Å². The minimum Gasteiger partial charge on any atom is -0.323 e. The van der Waals surface area contributed by atoms with Crippen LogP contribution in [0.4, 0.5) is 4.79 Å². The summed E-state index contributed by atoms with van der Waals surface area (Å²) in [5.41, 5.74) is 1.92. The molecule has 1 atom stereocenters. The van der Waals surface area contributed by atoms with Crippen LogP contribution in [0, 0.1) is 0 Å². The molecule has 5 nitrogen and oxygen atoms in total. The van der Waals surface area contributed by atoms with E-state index in [0.717, 1.165) is 50.0 Å². The third-order valence-electron chi connectivity index (χ3n) is 5.78. The van der Waals surface area contributed by atoms with E-state index < -0.39 is 5.54 Å². The van der Waals surface area contributed by atoms with E-state index in [1.807, 2.05) is 7.05 Å². The van der Waals surface area contributed by atoms with Crippen LogP contribution in [0.2, 0.25) is 0 Å². The molecule has 1 saturated heterocycles. The zero-order valence-corrected chi connectivity index (χ0v) is 16.3. The van der Waals surface area contributed by atoms with Gasteiger partial charge in [-0.15, -0.1) is 0 Å². The van der Waals surface area contributed by atoms with Gasteiger partial charge in [0.1, 0.15) is 12.1 Å². The Bertz CT molecular complexity index is 646. The molecule has 3 rings (SSSR count). The number of carbonyl (C=O) groups is 2. The minimum atomic E-state index is -0.632. The van der Waals surface area contributed by atoms with Crippen LogP contribution in [0.1, 0.15) is 69.4 Å². The van der Waals surface area contributed by atoms with Gasteiger partial charge < -0.3 is 10.2 Å². The SMILES string of the molecule is CC(C)c1ccc(C[NH+](C)CN2C(=O)NC3(CCCCCC3)C2=O)cc1. The lowest BCUT2D eigenvalue weighted by molar-refractivity contribution is -0.901. The molecule has 2 fully saturated rings. The van der Waals surface area contributed by atoms with E-state index in [1.165, 1.54) is 16.0 Å². The number of rotatable bonds is 5. The number of hydrogen-bond donors (Lipinski definition) is 2. The smallest absolute Gasteiger partial charge is 0.323 e. The highest BCUT2D eigenvalue weighted by Crippen LogP contribution is 2.32.